The average molecular weight is 450 g/mol. The lowest BCUT2D eigenvalue weighted by atomic mass is 10.1. The first-order valence-electron chi connectivity index (χ1n) is 11.4. The smallest absolute Gasteiger partial charge is 0.267 e. The maximum absolute atomic E-state index is 13.1. The monoisotopic (exact) mass is 449 g/mol. The average Bonchev–Trinajstić information content (AvgIpc) is 3.23. The molecule has 8 heteroatoms. The van der Waals surface area contributed by atoms with Crippen LogP contribution in [0.1, 0.15) is 12.0 Å². The first kappa shape index (κ1) is 21.3. The van der Waals surface area contributed by atoms with Crippen LogP contribution in [0.15, 0.2) is 54.6 Å². The lowest BCUT2D eigenvalue weighted by molar-refractivity contribution is -0.147. The number of hydrogen-bond donors (Lipinski definition) is 0. The summed E-state index contributed by atoms with van der Waals surface area (Å²) in [6.45, 7) is 2.95. The van der Waals surface area contributed by atoms with Gasteiger partial charge < -0.3 is 24.2 Å². The van der Waals surface area contributed by atoms with Crippen molar-refractivity contribution in [3.63, 3.8) is 0 Å². The zero-order chi connectivity index (χ0) is 22.8. The minimum atomic E-state index is -0.679. The van der Waals surface area contributed by atoms with E-state index >= 15 is 0 Å². The molecule has 8 nitrogen and oxygen atoms in total. The fraction of sp³-hybridized carbons (Fsp3) is 0.400. The van der Waals surface area contributed by atoms with E-state index in [4.69, 9.17) is 9.47 Å². The van der Waals surface area contributed by atoms with Crippen LogP contribution in [0.3, 0.4) is 0 Å². The minimum Gasteiger partial charge on any atom is -0.485 e. The van der Waals surface area contributed by atoms with Crippen molar-refractivity contribution < 1.29 is 23.9 Å². The van der Waals surface area contributed by atoms with E-state index in [0.29, 0.717) is 50.8 Å². The number of amides is 3. The molecule has 2 aromatic rings. The highest BCUT2D eigenvalue weighted by Crippen LogP contribution is 2.31. The highest BCUT2D eigenvalue weighted by atomic mass is 16.6. The molecule has 0 aliphatic carbocycles. The van der Waals surface area contributed by atoms with Crippen molar-refractivity contribution in [2.24, 2.45) is 5.92 Å². The number of likely N-dealkylation sites (tertiary alicyclic amines) is 1. The number of para-hydroxylation sites is 2. The van der Waals surface area contributed by atoms with Gasteiger partial charge in [-0.2, -0.15) is 0 Å². The molecule has 0 bridgehead atoms. The van der Waals surface area contributed by atoms with Gasteiger partial charge in [-0.25, -0.2) is 0 Å². The Labute approximate surface area is 192 Å². The van der Waals surface area contributed by atoms with Crippen LogP contribution in [0.2, 0.25) is 0 Å². The van der Waals surface area contributed by atoms with Gasteiger partial charge in [-0.15, -0.1) is 0 Å². The van der Waals surface area contributed by atoms with E-state index in [1.807, 2.05) is 48.5 Å². The molecule has 0 radical (unpaired) electrons. The Morgan fingerprint density at radius 2 is 1.48 bits per heavy atom. The first-order chi connectivity index (χ1) is 16.1. The maximum atomic E-state index is 13.1. The molecule has 2 aromatic carbocycles. The second-order valence-electron chi connectivity index (χ2n) is 8.68. The first-order valence-corrected chi connectivity index (χ1v) is 11.4. The van der Waals surface area contributed by atoms with Gasteiger partial charge in [-0.1, -0.05) is 42.5 Å². The molecule has 0 spiro atoms. The highest BCUT2D eigenvalue weighted by Gasteiger charge is 2.38. The molecule has 172 valence electrons. The molecule has 0 aromatic heterocycles. The molecule has 0 unspecified atom stereocenters. The molecular weight excluding hydrogens is 422 g/mol. The highest BCUT2D eigenvalue weighted by molar-refractivity contribution is 5.89. The SMILES string of the molecule is O=C1C[C@@H](C(=O)N2CCN(C(=O)[C@@H]3COc4ccccc4O3)CC2)CN1Cc1ccccc1. The van der Waals surface area contributed by atoms with Gasteiger partial charge in [0.2, 0.25) is 17.9 Å². The number of rotatable bonds is 4. The summed E-state index contributed by atoms with van der Waals surface area (Å²) >= 11 is 0. The Kier molecular flexibility index (Phi) is 5.90. The second-order valence-corrected chi connectivity index (χ2v) is 8.68. The number of benzene rings is 2. The summed E-state index contributed by atoms with van der Waals surface area (Å²) in [5.41, 5.74) is 1.06. The summed E-state index contributed by atoms with van der Waals surface area (Å²) in [7, 11) is 0. The third kappa shape index (κ3) is 4.51. The van der Waals surface area contributed by atoms with Gasteiger partial charge in [0.05, 0.1) is 5.92 Å². The van der Waals surface area contributed by atoms with Crippen LogP contribution < -0.4 is 9.47 Å². The number of fused-ring (bicyclic) bond motifs is 1. The third-order valence-corrected chi connectivity index (χ3v) is 6.47. The second kappa shape index (κ2) is 9.13. The van der Waals surface area contributed by atoms with Crippen LogP contribution in [-0.2, 0) is 20.9 Å². The number of carbonyl (C=O) groups is 3. The van der Waals surface area contributed by atoms with Crippen molar-refractivity contribution in [1.82, 2.24) is 14.7 Å². The van der Waals surface area contributed by atoms with E-state index in [0.717, 1.165) is 5.56 Å². The molecule has 3 aliphatic heterocycles. The van der Waals surface area contributed by atoms with E-state index in [1.54, 1.807) is 20.8 Å². The van der Waals surface area contributed by atoms with E-state index < -0.39 is 6.10 Å². The van der Waals surface area contributed by atoms with E-state index in [-0.39, 0.29) is 36.7 Å². The van der Waals surface area contributed by atoms with Crippen LogP contribution in [0.25, 0.3) is 0 Å². The van der Waals surface area contributed by atoms with Gasteiger partial charge in [0, 0.05) is 45.7 Å². The van der Waals surface area contributed by atoms with Gasteiger partial charge in [0.1, 0.15) is 6.61 Å². The van der Waals surface area contributed by atoms with Crippen molar-refractivity contribution >= 4 is 17.7 Å². The van der Waals surface area contributed by atoms with Crippen molar-refractivity contribution in [1.29, 1.82) is 0 Å². The Morgan fingerprint density at radius 3 is 2.21 bits per heavy atom. The molecule has 33 heavy (non-hydrogen) atoms. The molecule has 5 rings (SSSR count). The molecule has 2 saturated heterocycles. The van der Waals surface area contributed by atoms with Crippen molar-refractivity contribution in [3.8, 4) is 11.5 Å². The van der Waals surface area contributed by atoms with Crippen molar-refractivity contribution in [2.45, 2.75) is 19.1 Å². The number of ether oxygens (including phenoxy) is 2. The van der Waals surface area contributed by atoms with Gasteiger partial charge in [0.15, 0.2) is 11.5 Å². The van der Waals surface area contributed by atoms with Gasteiger partial charge in [-0.3, -0.25) is 14.4 Å². The Hall–Kier alpha value is -3.55. The summed E-state index contributed by atoms with van der Waals surface area (Å²) in [4.78, 5) is 43.7. The fourth-order valence-electron chi connectivity index (χ4n) is 4.64. The lowest BCUT2D eigenvalue weighted by Gasteiger charge is -2.37. The van der Waals surface area contributed by atoms with Gasteiger partial charge in [0.25, 0.3) is 5.91 Å². The molecule has 3 heterocycles. The lowest BCUT2D eigenvalue weighted by Crippen LogP contribution is -2.56. The van der Waals surface area contributed by atoms with Crippen LogP contribution in [0.5, 0.6) is 11.5 Å². The topological polar surface area (TPSA) is 79.4 Å². The molecule has 0 saturated carbocycles. The van der Waals surface area contributed by atoms with Crippen molar-refractivity contribution in [2.75, 3.05) is 39.3 Å². The number of piperazine rings is 1. The minimum absolute atomic E-state index is 0.00260. The van der Waals surface area contributed by atoms with Crippen molar-refractivity contribution in [3.05, 3.63) is 60.2 Å². The molecule has 2 fully saturated rings. The van der Waals surface area contributed by atoms with E-state index in [9.17, 15) is 14.4 Å². The van der Waals surface area contributed by atoms with Crippen LogP contribution in [0, 0.1) is 5.92 Å². The Bertz CT molecular complexity index is 1040. The molecule has 2 atom stereocenters. The normalized spacial score (nSPS) is 22.4. The predicted molar refractivity (Wildman–Crippen MR) is 119 cm³/mol. The van der Waals surface area contributed by atoms with Gasteiger partial charge >= 0.3 is 0 Å². The predicted octanol–water partition coefficient (Wildman–Crippen LogP) is 1.55. The maximum Gasteiger partial charge on any atom is 0.267 e. The Morgan fingerprint density at radius 1 is 0.848 bits per heavy atom. The molecular formula is C25H27N3O5. The van der Waals surface area contributed by atoms with Crippen LogP contribution >= 0.6 is 0 Å². The third-order valence-electron chi connectivity index (χ3n) is 6.47. The van der Waals surface area contributed by atoms with Crippen LogP contribution in [0.4, 0.5) is 0 Å². The van der Waals surface area contributed by atoms with E-state index in [1.165, 1.54) is 0 Å². The number of hydrogen-bond acceptors (Lipinski definition) is 5. The van der Waals surface area contributed by atoms with E-state index in [2.05, 4.69) is 0 Å². The molecule has 3 aliphatic rings. The summed E-state index contributed by atoms with van der Waals surface area (Å²) < 4.78 is 11.5. The van der Waals surface area contributed by atoms with Crippen LogP contribution in [-0.4, -0.2) is 77.9 Å². The summed E-state index contributed by atoms with van der Waals surface area (Å²) in [6.07, 6.45) is -0.432. The zero-order valence-electron chi connectivity index (χ0n) is 18.4. The number of carbonyl (C=O) groups excluding carboxylic acids is 3. The standard InChI is InChI=1S/C25H27N3O5/c29-23-14-19(16-28(23)15-18-6-2-1-3-7-18)24(30)26-10-12-27(13-11-26)25(31)22-17-32-20-8-4-5-9-21(20)33-22/h1-9,19,22H,10-17H2/t19-,22+/m1/s1. The zero-order valence-corrected chi connectivity index (χ0v) is 18.4. The summed E-state index contributed by atoms with van der Waals surface area (Å²) in [6, 6.07) is 17.1. The number of nitrogens with zero attached hydrogens (tertiary/aromatic N) is 3. The largest absolute Gasteiger partial charge is 0.485 e. The summed E-state index contributed by atoms with van der Waals surface area (Å²) in [5, 5.41) is 0. The molecule has 3 amide bonds. The fourth-order valence-corrected chi connectivity index (χ4v) is 4.64. The molecule has 0 N–H and O–H groups in total. The quantitative estimate of drug-likeness (QED) is 0.708. The summed E-state index contributed by atoms with van der Waals surface area (Å²) in [5.74, 6) is 0.779. The van der Waals surface area contributed by atoms with Gasteiger partial charge in [-0.05, 0) is 17.7 Å². The Balaban J connectivity index is 1.12.